The van der Waals surface area contributed by atoms with Gasteiger partial charge in [-0.15, -0.1) is 11.3 Å². The number of alkyl halides is 3. The van der Waals surface area contributed by atoms with Crippen LogP contribution in [-0.4, -0.2) is 16.9 Å². The van der Waals surface area contributed by atoms with Crippen molar-refractivity contribution in [1.82, 2.24) is 0 Å². The van der Waals surface area contributed by atoms with Gasteiger partial charge in [-0.05, 0) is 29.6 Å². The van der Waals surface area contributed by atoms with Crippen molar-refractivity contribution in [3.8, 4) is 0 Å². The summed E-state index contributed by atoms with van der Waals surface area (Å²) >= 11 is 1.47. The summed E-state index contributed by atoms with van der Waals surface area (Å²) in [6.45, 7) is 0. The van der Waals surface area contributed by atoms with Gasteiger partial charge in [0.2, 0.25) is 0 Å². The number of halogens is 3. The van der Waals surface area contributed by atoms with Crippen LogP contribution < -0.4 is 0 Å². The van der Waals surface area contributed by atoms with Gasteiger partial charge in [-0.3, -0.25) is 9.59 Å². The van der Waals surface area contributed by atoms with Gasteiger partial charge in [0.15, 0.2) is 5.78 Å². The third-order valence-corrected chi connectivity index (χ3v) is 3.57. The monoisotopic (exact) mass is 314 g/mol. The Kier molecular flexibility index (Phi) is 4.13. The maximum atomic E-state index is 12.0. The van der Waals surface area contributed by atoms with Crippen LogP contribution in [0.15, 0.2) is 35.7 Å². The SMILES string of the molecule is O=C(O)Cc1cccs1.O=C1c2cc1cc(C(F)(F)F)c2. The lowest BCUT2D eigenvalue weighted by molar-refractivity contribution is -0.138. The van der Waals surface area contributed by atoms with Crippen LogP contribution >= 0.6 is 11.3 Å². The third-order valence-electron chi connectivity index (χ3n) is 2.69. The smallest absolute Gasteiger partial charge is 0.416 e. The number of hydrogen-bond acceptors (Lipinski definition) is 3. The van der Waals surface area contributed by atoms with Gasteiger partial charge >= 0.3 is 12.1 Å². The van der Waals surface area contributed by atoms with Crippen molar-refractivity contribution in [3.05, 3.63) is 57.3 Å². The second-order valence-corrected chi connectivity index (χ2v) is 5.31. The van der Waals surface area contributed by atoms with Gasteiger partial charge in [-0.25, -0.2) is 0 Å². The Labute approximate surface area is 121 Å². The zero-order valence-corrected chi connectivity index (χ0v) is 11.3. The molecule has 7 heteroatoms. The number of ketones is 1. The molecule has 2 aliphatic carbocycles. The zero-order valence-electron chi connectivity index (χ0n) is 10.5. The summed E-state index contributed by atoms with van der Waals surface area (Å²) in [5, 5.41) is 10.2. The topological polar surface area (TPSA) is 54.4 Å². The Morgan fingerprint density at radius 3 is 2.19 bits per heavy atom. The maximum Gasteiger partial charge on any atom is 0.416 e. The van der Waals surface area contributed by atoms with Gasteiger partial charge in [0, 0.05) is 16.0 Å². The van der Waals surface area contributed by atoms with Crippen LogP contribution in [0.3, 0.4) is 0 Å². The third kappa shape index (κ3) is 3.69. The molecule has 0 saturated carbocycles. The molecule has 0 fully saturated rings. The normalized spacial score (nSPS) is 12.2. The summed E-state index contributed by atoms with van der Waals surface area (Å²) < 4.78 is 36.0. The Hall–Kier alpha value is -2.15. The molecule has 2 aliphatic rings. The van der Waals surface area contributed by atoms with Gasteiger partial charge in [0.25, 0.3) is 0 Å². The van der Waals surface area contributed by atoms with Crippen LogP contribution in [0, 0.1) is 0 Å². The molecule has 110 valence electrons. The van der Waals surface area contributed by atoms with Gasteiger partial charge in [0.05, 0.1) is 12.0 Å². The molecule has 1 aromatic heterocycles. The van der Waals surface area contributed by atoms with E-state index in [2.05, 4.69) is 0 Å². The first kappa shape index (κ1) is 15.2. The molecule has 0 radical (unpaired) electrons. The molecular weight excluding hydrogens is 305 g/mol. The van der Waals surface area contributed by atoms with Crippen LogP contribution in [0.25, 0.3) is 0 Å². The van der Waals surface area contributed by atoms with Crippen molar-refractivity contribution < 1.29 is 27.9 Å². The lowest BCUT2D eigenvalue weighted by Crippen LogP contribution is -2.17. The molecule has 2 aromatic rings. The van der Waals surface area contributed by atoms with Crippen LogP contribution in [0.2, 0.25) is 0 Å². The van der Waals surface area contributed by atoms with E-state index in [0.717, 1.165) is 17.0 Å². The average molecular weight is 314 g/mol. The minimum Gasteiger partial charge on any atom is -0.481 e. The summed E-state index contributed by atoms with van der Waals surface area (Å²) in [5.74, 6) is -1.06. The van der Waals surface area contributed by atoms with E-state index >= 15 is 0 Å². The number of fused-ring (bicyclic) bond motifs is 2. The van der Waals surface area contributed by atoms with Crippen molar-refractivity contribution in [2.75, 3.05) is 0 Å². The second-order valence-electron chi connectivity index (χ2n) is 4.28. The fraction of sp³-hybridized carbons (Fsp3) is 0.143. The van der Waals surface area contributed by atoms with Crippen molar-refractivity contribution in [1.29, 1.82) is 0 Å². The Balaban J connectivity index is 0.000000161. The fourth-order valence-electron chi connectivity index (χ4n) is 1.70. The molecule has 1 aromatic carbocycles. The number of rotatable bonds is 2. The van der Waals surface area contributed by atoms with Gasteiger partial charge < -0.3 is 5.11 Å². The highest BCUT2D eigenvalue weighted by atomic mass is 32.1. The molecule has 1 heterocycles. The molecule has 0 unspecified atom stereocenters. The minimum atomic E-state index is -4.34. The minimum absolute atomic E-state index is 0.150. The van der Waals surface area contributed by atoms with Gasteiger partial charge in [0.1, 0.15) is 0 Å². The molecule has 0 atom stereocenters. The van der Waals surface area contributed by atoms with E-state index in [4.69, 9.17) is 5.11 Å². The Bertz CT molecular complexity index is 651. The number of carboxylic acids is 1. The summed E-state index contributed by atoms with van der Waals surface area (Å²) in [6, 6.07) is 6.85. The predicted molar refractivity (Wildman–Crippen MR) is 70.5 cm³/mol. The molecule has 0 saturated heterocycles. The van der Waals surface area contributed by atoms with Crippen molar-refractivity contribution in [3.63, 3.8) is 0 Å². The summed E-state index contributed by atoms with van der Waals surface area (Å²) in [7, 11) is 0. The van der Waals surface area contributed by atoms with E-state index in [1.807, 2.05) is 17.5 Å². The fourth-order valence-corrected chi connectivity index (χ4v) is 2.40. The number of aliphatic carboxylic acids is 1. The molecule has 4 rings (SSSR count). The first-order chi connectivity index (χ1) is 9.77. The average Bonchev–Trinajstić information content (AvgIpc) is 2.90. The van der Waals surface area contributed by atoms with Crippen LogP contribution in [-0.2, 0) is 17.4 Å². The second kappa shape index (κ2) is 5.69. The number of carboxylic acid groups (broad SMARTS) is 1. The lowest BCUT2D eigenvalue weighted by atomic mass is 9.89. The first-order valence-electron chi connectivity index (χ1n) is 5.78. The number of benzene rings is 1. The predicted octanol–water partition coefficient (Wildman–Crippen LogP) is 3.63. The van der Waals surface area contributed by atoms with Crippen LogP contribution in [0.5, 0.6) is 0 Å². The summed E-state index contributed by atoms with van der Waals surface area (Å²) in [4.78, 5) is 21.7. The molecule has 0 spiro atoms. The molecular formula is C14H9F3O3S. The van der Waals surface area contributed by atoms with E-state index < -0.39 is 17.7 Å². The molecule has 0 amide bonds. The highest BCUT2D eigenvalue weighted by molar-refractivity contribution is 7.10. The standard InChI is InChI=1S/C8H3F3O.C6H6O2S/c9-8(10,11)6-2-4-1-5(3-6)7(4)12;7-6(8)4-5-2-1-3-9-5/h1-3H;1-3H,4H2,(H,7,8). The number of hydrogen-bond donors (Lipinski definition) is 1. The molecule has 2 bridgehead atoms. The van der Waals surface area contributed by atoms with E-state index in [0.29, 0.717) is 0 Å². The zero-order chi connectivity index (χ0) is 15.6. The van der Waals surface area contributed by atoms with Crippen molar-refractivity contribution >= 4 is 23.1 Å². The van der Waals surface area contributed by atoms with E-state index in [1.165, 1.54) is 17.4 Å². The molecule has 3 nitrogen and oxygen atoms in total. The Morgan fingerprint density at radius 2 is 1.81 bits per heavy atom. The first-order valence-corrected chi connectivity index (χ1v) is 6.66. The Morgan fingerprint density at radius 1 is 1.19 bits per heavy atom. The van der Waals surface area contributed by atoms with E-state index in [1.54, 1.807) is 0 Å². The summed E-state index contributed by atoms with van der Waals surface area (Å²) in [5.41, 5.74) is -0.436. The summed E-state index contributed by atoms with van der Waals surface area (Å²) in [6.07, 6.45) is -4.19. The lowest BCUT2D eigenvalue weighted by Gasteiger charge is -2.16. The number of carbonyl (C=O) groups is 2. The maximum absolute atomic E-state index is 12.0. The van der Waals surface area contributed by atoms with E-state index in [-0.39, 0.29) is 23.3 Å². The molecule has 21 heavy (non-hydrogen) atoms. The van der Waals surface area contributed by atoms with Crippen LogP contribution in [0.4, 0.5) is 13.2 Å². The molecule has 1 N–H and O–H groups in total. The van der Waals surface area contributed by atoms with Crippen molar-refractivity contribution in [2.24, 2.45) is 0 Å². The molecule has 0 aliphatic heterocycles. The van der Waals surface area contributed by atoms with Gasteiger partial charge in [-0.2, -0.15) is 13.2 Å². The highest BCUT2D eigenvalue weighted by Gasteiger charge is 2.35. The number of carbonyl (C=O) groups excluding carboxylic acids is 1. The number of thiophene rings is 1. The highest BCUT2D eigenvalue weighted by Crippen LogP contribution is 2.34. The van der Waals surface area contributed by atoms with Crippen LogP contribution in [0.1, 0.15) is 26.4 Å². The van der Waals surface area contributed by atoms with E-state index in [9.17, 15) is 22.8 Å². The van der Waals surface area contributed by atoms with Gasteiger partial charge in [-0.1, -0.05) is 6.07 Å². The quantitative estimate of drug-likeness (QED) is 0.786. The van der Waals surface area contributed by atoms with Crippen molar-refractivity contribution in [2.45, 2.75) is 12.6 Å². The largest absolute Gasteiger partial charge is 0.481 e.